The highest BCUT2D eigenvalue weighted by Crippen LogP contribution is 2.16. The quantitative estimate of drug-likeness (QED) is 0.754. The number of rotatable bonds is 4. The third kappa shape index (κ3) is 4.09. The van der Waals surface area contributed by atoms with Crippen LogP contribution in [0.5, 0.6) is 0 Å². The molecular formula is C11H21NO2. The molecule has 1 atom stereocenters. The molecule has 0 bridgehead atoms. The average Bonchev–Trinajstić information content (AvgIpc) is 2.31. The molecule has 3 nitrogen and oxygen atoms in total. The zero-order chi connectivity index (χ0) is 10.4. The van der Waals surface area contributed by atoms with Crippen molar-refractivity contribution in [2.75, 3.05) is 13.1 Å². The zero-order valence-corrected chi connectivity index (χ0v) is 9.04. The number of carboxylic acid groups (broad SMARTS) is 1. The van der Waals surface area contributed by atoms with Crippen molar-refractivity contribution in [2.45, 2.75) is 51.5 Å². The van der Waals surface area contributed by atoms with Gasteiger partial charge in [0.15, 0.2) is 0 Å². The van der Waals surface area contributed by atoms with E-state index in [4.69, 9.17) is 5.11 Å². The zero-order valence-electron chi connectivity index (χ0n) is 9.04. The molecule has 1 heterocycles. The Balaban J connectivity index is 2.22. The molecule has 0 aliphatic carbocycles. The van der Waals surface area contributed by atoms with Crippen LogP contribution in [0.3, 0.4) is 0 Å². The predicted molar refractivity (Wildman–Crippen MR) is 56.4 cm³/mol. The Hall–Kier alpha value is -0.570. The highest BCUT2D eigenvalue weighted by atomic mass is 16.4. The molecule has 1 N–H and O–H groups in total. The van der Waals surface area contributed by atoms with Gasteiger partial charge in [-0.05, 0) is 39.3 Å². The van der Waals surface area contributed by atoms with Crippen molar-refractivity contribution in [2.24, 2.45) is 0 Å². The lowest BCUT2D eigenvalue weighted by Gasteiger charge is -2.26. The van der Waals surface area contributed by atoms with E-state index in [1.54, 1.807) is 0 Å². The lowest BCUT2D eigenvalue weighted by molar-refractivity contribution is -0.137. The molecule has 0 radical (unpaired) electrons. The van der Waals surface area contributed by atoms with Crippen molar-refractivity contribution in [3.05, 3.63) is 0 Å². The fourth-order valence-electron chi connectivity index (χ4n) is 2.10. The van der Waals surface area contributed by atoms with E-state index in [0.717, 1.165) is 19.5 Å². The van der Waals surface area contributed by atoms with E-state index < -0.39 is 5.97 Å². The molecule has 82 valence electrons. The Morgan fingerprint density at radius 1 is 1.43 bits per heavy atom. The van der Waals surface area contributed by atoms with Crippen molar-refractivity contribution in [1.29, 1.82) is 0 Å². The average molecular weight is 199 g/mol. The maximum absolute atomic E-state index is 10.4. The SMILES string of the molecule is CC1CCCCCN1CCCC(=O)O. The summed E-state index contributed by atoms with van der Waals surface area (Å²) in [4.78, 5) is 12.8. The monoisotopic (exact) mass is 199 g/mol. The Morgan fingerprint density at radius 2 is 2.21 bits per heavy atom. The van der Waals surface area contributed by atoms with Crippen LogP contribution >= 0.6 is 0 Å². The minimum atomic E-state index is -0.674. The molecule has 0 aromatic heterocycles. The lowest BCUT2D eigenvalue weighted by Crippen LogP contribution is -2.33. The van der Waals surface area contributed by atoms with Crippen LogP contribution in [0.1, 0.15) is 45.4 Å². The van der Waals surface area contributed by atoms with E-state index in [9.17, 15) is 4.79 Å². The van der Waals surface area contributed by atoms with Crippen LogP contribution in [0.15, 0.2) is 0 Å². The van der Waals surface area contributed by atoms with Gasteiger partial charge in [-0.15, -0.1) is 0 Å². The molecule has 0 aromatic carbocycles. The molecule has 1 fully saturated rings. The van der Waals surface area contributed by atoms with Gasteiger partial charge in [0, 0.05) is 12.5 Å². The second-order valence-corrected chi connectivity index (χ2v) is 4.23. The van der Waals surface area contributed by atoms with E-state index in [1.807, 2.05) is 0 Å². The van der Waals surface area contributed by atoms with E-state index in [-0.39, 0.29) is 0 Å². The predicted octanol–water partition coefficient (Wildman–Crippen LogP) is 2.12. The fraction of sp³-hybridized carbons (Fsp3) is 0.909. The van der Waals surface area contributed by atoms with Gasteiger partial charge in [0.2, 0.25) is 0 Å². The molecule has 0 saturated carbocycles. The Kier molecular flexibility index (Phi) is 4.94. The maximum atomic E-state index is 10.4. The summed E-state index contributed by atoms with van der Waals surface area (Å²) in [6.07, 6.45) is 6.31. The summed E-state index contributed by atoms with van der Waals surface area (Å²) in [6, 6.07) is 0.645. The minimum absolute atomic E-state index is 0.309. The van der Waals surface area contributed by atoms with Crippen LogP contribution in [0, 0.1) is 0 Å². The Labute approximate surface area is 86.1 Å². The van der Waals surface area contributed by atoms with Gasteiger partial charge in [-0.3, -0.25) is 4.79 Å². The largest absolute Gasteiger partial charge is 0.481 e. The summed E-state index contributed by atoms with van der Waals surface area (Å²) in [6.45, 7) is 4.36. The first-order chi connectivity index (χ1) is 6.70. The Morgan fingerprint density at radius 3 is 2.93 bits per heavy atom. The number of nitrogens with zero attached hydrogens (tertiary/aromatic N) is 1. The number of carbonyl (C=O) groups is 1. The van der Waals surface area contributed by atoms with Gasteiger partial charge in [-0.25, -0.2) is 0 Å². The summed E-state index contributed by atoms with van der Waals surface area (Å²) in [5.74, 6) is -0.674. The van der Waals surface area contributed by atoms with Crippen LogP contribution in [0.2, 0.25) is 0 Å². The van der Waals surface area contributed by atoms with Gasteiger partial charge < -0.3 is 10.0 Å². The third-order valence-electron chi connectivity index (χ3n) is 3.03. The summed E-state index contributed by atoms with van der Waals surface area (Å²) in [5.41, 5.74) is 0. The third-order valence-corrected chi connectivity index (χ3v) is 3.03. The first kappa shape index (κ1) is 11.5. The van der Waals surface area contributed by atoms with E-state index in [2.05, 4.69) is 11.8 Å². The molecule has 0 spiro atoms. The second-order valence-electron chi connectivity index (χ2n) is 4.23. The molecule has 0 aromatic rings. The molecule has 1 saturated heterocycles. The highest BCUT2D eigenvalue weighted by molar-refractivity contribution is 5.66. The van der Waals surface area contributed by atoms with Crippen molar-refractivity contribution in [3.8, 4) is 0 Å². The van der Waals surface area contributed by atoms with Gasteiger partial charge in [0.05, 0.1) is 0 Å². The minimum Gasteiger partial charge on any atom is -0.481 e. The number of aliphatic carboxylic acids is 1. The maximum Gasteiger partial charge on any atom is 0.303 e. The van der Waals surface area contributed by atoms with Crippen molar-refractivity contribution < 1.29 is 9.90 Å². The van der Waals surface area contributed by atoms with Gasteiger partial charge in [0.1, 0.15) is 0 Å². The van der Waals surface area contributed by atoms with Crippen LogP contribution in [-0.2, 0) is 4.79 Å². The standard InChI is InChI=1S/C11H21NO2/c1-10-6-3-2-4-8-12(10)9-5-7-11(13)14/h10H,2-9H2,1H3,(H,13,14). The van der Waals surface area contributed by atoms with Crippen molar-refractivity contribution >= 4 is 5.97 Å². The van der Waals surface area contributed by atoms with Crippen LogP contribution in [-0.4, -0.2) is 35.1 Å². The van der Waals surface area contributed by atoms with Gasteiger partial charge in [-0.1, -0.05) is 12.8 Å². The molecule has 1 unspecified atom stereocenters. The fourth-order valence-corrected chi connectivity index (χ4v) is 2.10. The normalized spacial score (nSPS) is 24.5. The summed E-state index contributed by atoms with van der Waals surface area (Å²) < 4.78 is 0. The molecular weight excluding hydrogens is 178 g/mol. The van der Waals surface area contributed by atoms with Crippen molar-refractivity contribution in [3.63, 3.8) is 0 Å². The molecule has 3 heteroatoms. The lowest BCUT2D eigenvalue weighted by atomic mass is 10.1. The number of hydrogen-bond donors (Lipinski definition) is 1. The summed E-state index contributed by atoms with van der Waals surface area (Å²) >= 11 is 0. The van der Waals surface area contributed by atoms with Crippen LogP contribution < -0.4 is 0 Å². The van der Waals surface area contributed by atoms with E-state index in [1.165, 1.54) is 25.7 Å². The topological polar surface area (TPSA) is 40.5 Å². The first-order valence-electron chi connectivity index (χ1n) is 5.66. The number of hydrogen-bond acceptors (Lipinski definition) is 2. The highest BCUT2D eigenvalue weighted by Gasteiger charge is 2.16. The molecule has 1 rings (SSSR count). The van der Waals surface area contributed by atoms with E-state index >= 15 is 0 Å². The Bertz CT molecular complexity index is 182. The van der Waals surface area contributed by atoms with Crippen molar-refractivity contribution in [1.82, 2.24) is 4.90 Å². The summed E-state index contributed by atoms with van der Waals surface area (Å²) in [5, 5.41) is 8.55. The number of carboxylic acids is 1. The van der Waals surface area contributed by atoms with Gasteiger partial charge in [-0.2, -0.15) is 0 Å². The van der Waals surface area contributed by atoms with Crippen LogP contribution in [0.4, 0.5) is 0 Å². The molecule has 14 heavy (non-hydrogen) atoms. The smallest absolute Gasteiger partial charge is 0.303 e. The van der Waals surface area contributed by atoms with Gasteiger partial charge >= 0.3 is 5.97 Å². The van der Waals surface area contributed by atoms with Crippen LogP contribution in [0.25, 0.3) is 0 Å². The van der Waals surface area contributed by atoms with E-state index in [0.29, 0.717) is 12.5 Å². The molecule has 1 aliphatic rings. The first-order valence-corrected chi connectivity index (χ1v) is 5.66. The molecule has 0 amide bonds. The van der Waals surface area contributed by atoms with Gasteiger partial charge in [0.25, 0.3) is 0 Å². The molecule has 1 aliphatic heterocycles. The summed E-state index contributed by atoms with van der Waals surface area (Å²) in [7, 11) is 0. The number of likely N-dealkylation sites (tertiary alicyclic amines) is 1. The second kappa shape index (κ2) is 6.02.